The van der Waals surface area contributed by atoms with Crippen molar-refractivity contribution >= 4 is 23.9 Å². The van der Waals surface area contributed by atoms with Crippen molar-refractivity contribution in [2.24, 2.45) is 5.92 Å². The van der Waals surface area contributed by atoms with Gasteiger partial charge >= 0.3 is 18.2 Å². The number of benzene rings is 2. The number of aliphatic hydroxyl groups is 1. The van der Waals surface area contributed by atoms with Crippen molar-refractivity contribution in [2.75, 3.05) is 14.2 Å². The molecule has 0 spiro atoms. The number of ether oxygens (including phenoxy) is 3. The molecule has 308 valence electrons. The Balaban J connectivity index is 2.01. The number of methoxy groups -OCH3 is 2. The van der Waals surface area contributed by atoms with E-state index in [1.807, 2.05) is 32.0 Å². The molecule has 2 aromatic carbocycles. The topological polar surface area (TPSA) is 174 Å². The van der Waals surface area contributed by atoms with E-state index in [1.54, 1.807) is 71.0 Å². The standard InChI is InChI=1S/C39H53F3N6O8/c1-10-25(2)31(44-35(52)56-36(3,4)5)32(49)48(22-27-16-18-30(54-8)19-17-27)37(6,7)33(50)43-28(20-26-14-12-11-13-15-26)23-47-24-29(45-46-47)21-38(53,34(51)55-9)39(40,41)42/h11-19,24-25,28,31,53H,10,20-23H2,1-9H3,(H,43,50)(H,44,52)/t25-,28+,31-,38?/m0/s1. The molecular weight excluding hydrogens is 737 g/mol. The molecule has 0 saturated heterocycles. The summed E-state index contributed by atoms with van der Waals surface area (Å²) in [4.78, 5) is 55.5. The number of carbonyl (C=O) groups is 4. The number of halogens is 3. The second kappa shape index (κ2) is 18.6. The van der Waals surface area contributed by atoms with Crippen LogP contribution < -0.4 is 15.4 Å². The lowest BCUT2D eigenvalue weighted by Crippen LogP contribution is -2.63. The second-order valence-corrected chi connectivity index (χ2v) is 15.2. The fourth-order valence-corrected chi connectivity index (χ4v) is 5.75. The molecule has 3 N–H and O–H groups in total. The highest BCUT2D eigenvalue weighted by Gasteiger charge is 2.61. The van der Waals surface area contributed by atoms with Gasteiger partial charge < -0.3 is 34.9 Å². The van der Waals surface area contributed by atoms with Crippen LogP contribution in [0.2, 0.25) is 0 Å². The van der Waals surface area contributed by atoms with Crippen LogP contribution >= 0.6 is 0 Å². The first-order valence-corrected chi connectivity index (χ1v) is 18.1. The number of amides is 3. The summed E-state index contributed by atoms with van der Waals surface area (Å²) in [5.41, 5.74) is -5.15. The number of hydrogen-bond acceptors (Lipinski definition) is 10. The van der Waals surface area contributed by atoms with Gasteiger partial charge in [0.15, 0.2) is 0 Å². The molecule has 3 aromatic rings. The minimum Gasteiger partial charge on any atom is -0.497 e. The summed E-state index contributed by atoms with van der Waals surface area (Å²) in [6, 6.07) is 14.2. The predicted molar refractivity (Wildman–Crippen MR) is 199 cm³/mol. The first-order valence-electron chi connectivity index (χ1n) is 18.1. The number of rotatable bonds is 17. The first-order chi connectivity index (χ1) is 26.0. The summed E-state index contributed by atoms with van der Waals surface area (Å²) < 4.78 is 57.5. The van der Waals surface area contributed by atoms with Gasteiger partial charge in [0.1, 0.15) is 22.9 Å². The third kappa shape index (κ3) is 11.9. The number of esters is 1. The Morgan fingerprint density at radius 2 is 1.55 bits per heavy atom. The average Bonchev–Trinajstić information content (AvgIpc) is 3.57. The quantitative estimate of drug-likeness (QED) is 0.162. The summed E-state index contributed by atoms with van der Waals surface area (Å²) >= 11 is 0. The molecule has 0 aliphatic heterocycles. The van der Waals surface area contributed by atoms with Crippen molar-refractivity contribution in [2.45, 2.75) is 116 Å². The Hall–Kier alpha value is -5.19. The van der Waals surface area contributed by atoms with E-state index in [-0.39, 0.29) is 31.1 Å². The lowest BCUT2D eigenvalue weighted by Gasteiger charge is -2.41. The lowest BCUT2D eigenvalue weighted by molar-refractivity contribution is -0.261. The zero-order valence-corrected chi connectivity index (χ0v) is 33.3. The van der Waals surface area contributed by atoms with Crippen LogP contribution in [0.1, 0.15) is 71.7 Å². The molecule has 4 atom stereocenters. The van der Waals surface area contributed by atoms with Crippen molar-refractivity contribution in [3.63, 3.8) is 0 Å². The van der Waals surface area contributed by atoms with E-state index >= 15 is 0 Å². The SMILES string of the molecule is CC[C@H](C)[C@H](NC(=O)OC(C)(C)C)C(=O)N(Cc1ccc(OC)cc1)C(C)(C)C(=O)N[C@H](Cc1ccccc1)Cn1cc(CC(O)(C(=O)OC)C(F)(F)F)nn1. The van der Waals surface area contributed by atoms with Gasteiger partial charge in [-0.2, -0.15) is 13.2 Å². The Kier molecular flexibility index (Phi) is 15.0. The molecule has 0 bridgehead atoms. The monoisotopic (exact) mass is 790 g/mol. The van der Waals surface area contributed by atoms with Gasteiger partial charge in [-0.3, -0.25) is 14.3 Å². The van der Waals surface area contributed by atoms with Gasteiger partial charge in [-0.05, 0) is 70.2 Å². The molecule has 0 saturated carbocycles. The van der Waals surface area contributed by atoms with E-state index in [2.05, 4.69) is 25.7 Å². The van der Waals surface area contributed by atoms with Crippen LogP contribution in [0.15, 0.2) is 60.8 Å². The Labute approximate surface area is 325 Å². The first kappa shape index (κ1) is 45.2. The van der Waals surface area contributed by atoms with Crippen molar-refractivity contribution in [3.05, 3.63) is 77.6 Å². The third-order valence-electron chi connectivity index (χ3n) is 9.23. The Morgan fingerprint density at radius 1 is 0.929 bits per heavy atom. The molecule has 1 unspecified atom stereocenters. The highest BCUT2D eigenvalue weighted by atomic mass is 19.4. The smallest absolute Gasteiger partial charge is 0.428 e. The molecule has 1 aromatic heterocycles. The highest BCUT2D eigenvalue weighted by Crippen LogP contribution is 2.34. The molecule has 3 rings (SSSR count). The highest BCUT2D eigenvalue weighted by molar-refractivity contribution is 5.94. The zero-order chi connectivity index (χ0) is 42.1. The number of carbonyl (C=O) groups excluding carboxylic acids is 4. The Morgan fingerprint density at radius 3 is 2.09 bits per heavy atom. The van der Waals surface area contributed by atoms with E-state index in [0.717, 1.165) is 18.9 Å². The number of aromatic nitrogens is 3. The maximum atomic E-state index is 14.6. The second-order valence-electron chi connectivity index (χ2n) is 15.2. The number of hydrogen-bond donors (Lipinski definition) is 3. The summed E-state index contributed by atoms with van der Waals surface area (Å²) in [5, 5.41) is 23.7. The fourth-order valence-electron chi connectivity index (χ4n) is 5.75. The van der Waals surface area contributed by atoms with E-state index in [0.29, 0.717) is 17.7 Å². The van der Waals surface area contributed by atoms with E-state index in [9.17, 15) is 37.5 Å². The molecule has 1 heterocycles. The van der Waals surface area contributed by atoms with Crippen LogP contribution in [-0.2, 0) is 49.8 Å². The molecule has 0 aliphatic carbocycles. The van der Waals surface area contributed by atoms with Gasteiger partial charge in [-0.15, -0.1) is 5.10 Å². The molecule has 0 radical (unpaired) electrons. The Bertz CT molecular complexity index is 1780. The molecule has 17 heteroatoms. The summed E-state index contributed by atoms with van der Waals surface area (Å²) in [7, 11) is 2.25. The number of alkyl carbamates (subject to hydrolysis) is 1. The van der Waals surface area contributed by atoms with Gasteiger partial charge in [0.25, 0.3) is 5.60 Å². The third-order valence-corrected chi connectivity index (χ3v) is 9.23. The van der Waals surface area contributed by atoms with Crippen LogP contribution in [0.25, 0.3) is 0 Å². The van der Waals surface area contributed by atoms with Crippen molar-refractivity contribution in [1.29, 1.82) is 0 Å². The fraction of sp³-hybridized carbons (Fsp3) is 0.538. The van der Waals surface area contributed by atoms with Gasteiger partial charge in [-0.1, -0.05) is 67.9 Å². The van der Waals surface area contributed by atoms with E-state index in [4.69, 9.17) is 9.47 Å². The van der Waals surface area contributed by atoms with Gasteiger partial charge in [0.05, 0.1) is 32.5 Å². The minimum atomic E-state index is -5.37. The average molecular weight is 791 g/mol. The predicted octanol–water partition coefficient (Wildman–Crippen LogP) is 4.77. The van der Waals surface area contributed by atoms with Crippen LogP contribution in [0.3, 0.4) is 0 Å². The van der Waals surface area contributed by atoms with Crippen molar-refractivity contribution in [1.82, 2.24) is 30.5 Å². The van der Waals surface area contributed by atoms with E-state index in [1.165, 1.54) is 16.7 Å². The van der Waals surface area contributed by atoms with Crippen molar-refractivity contribution < 1.29 is 51.7 Å². The van der Waals surface area contributed by atoms with Crippen LogP contribution in [0, 0.1) is 5.92 Å². The molecular formula is C39H53F3N6O8. The summed E-state index contributed by atoms with van der Waals surface area (Å²) in [6.45, 7) is 11.8. The molecule has 0 aliphatic rings. The largest absolute Gasteiger partial charge is 0.497 e. The molecule has 14 nitrogen and oxygen atoms in total. The lowest BCUT2D eigenvalue weighted by atomic mass is 9.93. The minimum absolute atomic E-state index is 0.0374. The maximum absolute atomic E-state index is 14.6. The van der Waals surface area contributed by atoms with Crippen molar-refractivity contribution in [3.8, 4) is 5.75 Å². The summed E-state index contributed by atoms with van der Waals surface area (Å²) in [5.74, 6) is -2.81. The van der Waals surface area contributed by atoms with Gasteiger partial charge in [0.2, 0.25) is 11.8 Å². The molecule has 3 amide bonds. The van der Waals surface area contributed by atoms with Gasteiger partial charge in [-0.25, -0.2) is 9.59 Å². The normalized spacial score (nSPS) is 14.7. The van der Waals surface area contributed by atoms with Crippen LogP contribution in [0.4, 0.5) is 18.0 Å². The number of nitrogens with one attached hydrogen (secondary N) is 2. The maximum Gasteiger partial charge on any atom is 0.428 e. The molecule has 56 heavy (non-hydrogen) atoms. The zero-order valence-electron chi connectivity index (χ0n) is 33.3. The number of nitrogens with zero attached hydrogens (tertiary/aromatic N) is 4. The van der Waals surface area contributed by atoms with E-state index < -0.39 is 65.3 Å². The number of alkyl halides is 3. The summed E-state index contributed by atoms with van der Waals surface area (Å²) in [6.07, 6.45) is -5.55. The van der Waals surface area contributed by atoms with Crippen LogP contribution in [0.5, 0.6) is 5.75 Å². The van der Waals surface area contributed by atoms with Gasteiger partial charge in [0, 0.05) is 19.2 Å². The molecule has 0 fully saturated rings. The van der Waals surface area contributed by atoms with Crippen LogP contribution in [-0.4, -0.2) is 98.1 Å².